The summed E-state index contributed by atoms with van der Waals surface area (Å²) in [5.74, 6) is 0.518. The molecule has 5 saturated heterocycles. The molecule has 10 rings (SSSR count). The summed E-state index contributed by atoms with van der Waals surface area (Å²) in [5, 5.41) is 17.0. The zero-order valence-corrected chi connectivity index (χ0v) is 29.9. The van der Waals surface area contributed by atoms with Gasteiger partial charge in [-0.25, -0.2) is 13.2 Å². The molecule has 0 radical (unpaired) electrons. The first-order chi connectivity index (χ1) is 26.5. The topological polar surface area (TPSA) is 126 Å². The minimum atomic E-state index is -0.983. The van der Waals surface area contributed by atoms with E-state index >= 15 is 8.78 Å². The molecule has 55 heavy (non-hydrogen) atoms. The van der Waals surface area contributed by atoms with Crippen LogP contribution in [-0.2, 0) is 21.4 Å². The summed E-state index contributed by atoms with van der Waals surface area (Å²) in [6, 6.07) is 4.93. The van der Waals surface area contributed by atoms with Gasteiger partial charge in [0.25, 0.3) is 5.91 Å². The first-order valence-electron chi connectivity index (χ1n) is 18.6. The van der Waals surface area contributed by atoms with Crippen LogP contribution in [-0.4, -0.2) is 109 Å². The van der Waals surface area contributed by atoms with Gasteiger partial charge < -0.3 is 24.4 Å². The molecule has 0 saturated carbocycles. The van der Waals surface area contributed by atoms with E-state index in [2.05, 4.69) is 15.9 Å². The van der Waals surface area contributed by atoms with Gasteiger partial charge in [-0.3, -0.25) is 19.2 Å². The summed E-state index contributed by atoms with van der Waals surface area (Å²) in [6.45, 7) is 1.92. The first-order valence-corrected chi connectivity index (χ1v) is 18.6. The molecule has 5 fully saturated rings. The van der Waals surface area contributed by atoms with Gasteiger partial charge in [0.2, 0.25) is 0 Å². The molecule has 7 heterocycles. The van der Waals surface area contributed by atoms with Crippen LogP contribution >= 0.6 is 0 Å². The van der Waals surface area contributed by atoms with E-state index in [-0.39, 0.29) is 75.9 Å². The van der Waals surface area contributed by atoms with Crippen LogP contribution in [0.25, 0.3) is 43.7 Å². The number of phenolic OH excluding ortho intramolecular Hbond substituents is 1. The predicted octanol–water partition coefficient (Wildman–Crippen LogP) is 4.75. The van der Waals surface area contributed by atoms with Gasteiger partial charge in [0.15, 0.2) is 11.9 Å². The Hall–Kier alpha value is -5.62. The van der Waals surface area contributed by atoms with Crippen LogP contribution < -0.4 is 9.64 Å². The Morgan fingerprint density at radius 1 is 1.13 bits per heavy atom. The fourth-order valence-electron chi connectivity index (χ4n) is 9.90. The highest BCUT2D eigenvalue weighted by Gasteiger charge is 2.50. The van der Waals surface area contributed by atoms with Crippen LogP contribution in [0, 0.1) is 24.0 Å². The normalized spacial score (nSPS) is 26.1. The number of hydrogen-bond donors (Lipinski definition) is 1. The predicted molar refractivity (Wildman–Crippen MR) is 195 cm³/mol. The maximum atomic E-state index is 17.7. The maximum Gasteiger partial charge on any atom is 0.319 e. The Kier molecular flexibility index (Phi) is 7.52. The fraction of sp³-hybridized carbons (Fsp3) is 0.425. The minimum absolute atomic E-state index is 0.0381. The molecule has 2 bridgehead atoms. The summed E-state index contributed by atoms with van der Waals surface area (Å²) < 4.78 is 60.7. The van der Waals surface area contributed by atoms with Crippen molar-refractivity contribution in [2.75, 3.05) is 37.7 Å². The largest absolute Gasteiger partial charge is 0.508 e. The monoisotopic (exact) mass is 751 g/mol. The molecule has 5 aliphatic rings. The molecular weight excluding hydrogens is 715 g/mol. The van der Waals surface area contributed by atoms with E-state index in [1.807, 2.05) is 9.80 Å². The number of amides is 1. The number of carbonyl (C=O) groups is 2. The number of piperazine rings is 1. The molecular formula is C40H36F3N7O5. The molecule has 15 heteroatoms. The Morgan fingerprint density at radius 3 is 2.65 bits per heavy atom. The number of carbonyl (C=O) groups excluding carboxylic acids is 2. The maximum absolute atomic E-state index is 17.7. The number of rotatable bonds is 6. The van der Waals surface area contributed by atoms with Gasteiger partial charge >= 0.3 is 12.0 Å². The summed E-state index contributed by atoms with van der Waals surface area (Å²) >= 11 is 0. The van der Waals surface area contributed by atoms with Crippen LogP contribution in [0.5, 0.6) is 11.8 Å². The van der Waals surface area contributed by atoms with Gasteiger partial charge in [-0.1, -0.05) is 12.0 Å². The van der Waals surface area contributed by atoms with Crippen molar-refractivity contribution in [1.29, 1.82) is 0 Å². The van der Waals surface area contributed by atoms with Crippen molar-refractivity contribution in [1.82, 2.24) is 29.5 Å². The Morgan fingerprint density at radius 2 is 1.91 bits per heavy atom. The first kappa shape index (κ1) is 33.9. The molecule has 1 N–H and O–H groups in total. The number of ether oxygens (including phenoxy) is 2. The molecule has 3 aromatic carbocycles. The summed E-state index contributed by atoms with van der Waals surface area (Å²) in [4.78, 5) is 40.6. The minimum Gasteiger partial charge on any atom is -0.508 e. The van der Waals surface area contributed by atoms with E-state index in [0.717, 1.165) is 32.2 Å². The number of aromatic hydroxyl groups is 1. The number of hydrogen-bond acceptors (Lipinski definition) is 10. The Balaban J connectivity index is 1.16. The highest BCUT2D eigenvalue weighted by molar-refractivity contribution is 6.18. The number of alkyl halides is 1. The van der Waals surface area contributed by atoms with Crippen LogP contribution in [0.4, 0.5) is 19.0 Å². The van der Waals surface area contributed by atoms with E-state index < -0.39 is 35.4 Å². The number of benzene rings is 3. The molecule has 5 atom stereocenters. The number of fused-ring (bicyclic) bond motifs is 7. The van der Waals surface area contributed by atoms with Crippen LogP contribution in [0.1, 0.15) is 44.1 Å². The van der Waals surface area contributed by atoms with E-state index in [4.69, 9.17) is 25.9 Å². The number of aryl methyl sites for hydroxylation is 1. The highest BCUT2D eigenvalue weighted by Crippen LogP contribution is 2.46. The van der Waals surface area contributed by atoms with E-state index in [9.17, 15) is 19.1 Å². The van der Waals surface area contributed by atoms with Crippen molar-refractivity contribution in [2.45, 2.75) is 68.4 Å². The molecule has 1 amide bonds. The van der Waals surface area contributed by atoms with E-state index in [1.165, 1.54) is 28.9 Å². The van der Waals surface area contributed by atoms with Crippen LogP contribution in [0.3, 0.4) is 0 Å². The smallest absolute Gasteiger partial charge is 0.319 e. The number of aromatic nitrogens is 4. The molecule has 0 spiro atoms. The standard InChI is InChI=1S/C40H36F3N7O5/c1-3-25-28(42)8-5-20-11-24(51)12-26(31(20)25)32-34(43)36-33(27-18-47(2)46-35(27)32)37(45-39(44-36)54-19-40-9-4-10-49(40)15-21(41)14-40)48-16-22-6-7-23(17-48)50(22)38(53)29-13-30(52)55-29/h1,5,8,11-12,18,21-23,29,51H,4,6-7,9-10,13-17,19H2,2H3/t21-,22?,23?,29+,40+/m1/s1. The van der Waals surface area contributed by atoms with Crippen molar-refractivity contribution in [3.8, 4) is 35.2 Å². The van der Waals surface area contributed by atoms with Crippen molar-refractivity contribution >= 4 is 50.3 Å². The van der Waals surface area contributed by atoms with Gasteiger partial charge in [0.05, 0.1) is 22.9 Å². The molecule has 282 valence electrons. The Labute approximate surface area is 312 Å². The number of anilines is 1. The molecule has 0 aliphatic carbocycles. The average molecular weight is 752 g/mol. The molecule has 5 aliphatic heterocycles. The summed E-state index contributed by atoms with van der Waals surface area (Å²) in [6.07, 6.45) is 9.25. The zero-order chi connectivity index (χ0) is 37.9. The highest BCUT2D eigenvalue weighted by atomic mass is 19.1. The SMILES string of the molecule is C#Cc1c(F)ccc2cc(O)cc(-c3c(F)c4nc(OC[C@@]56CCCN5C[C@H](F)C6)nc(N5CC6CCC(C5)N6C(=O)[C@@H]5CC(=O)O5)c4c4cn(C)nc34)c12. The molecule has 5 aromatic rings. The third kappa shape index (κ3) is 5.13. The lowest BCUT2D eigenvalue weighted by Gasteiger charge is -2.43. The van der Waals surface area contributed by atoms with Gasteiger partial charge in [-0.15, -0.1) is 6.42 Å². The van der Waals surface area contributed by atoms with E-state index in [1.54, 1.807) is 13.2 Å². The van der Waals surface area contributed by atoms with Crippen molar-refractivity contribution < 1.29 is 37.3 Å². The van der Waals surface area contributed by atoms with Crippen molar-refractivity contribution in [2.24, 2.45) is 7.05 Å². The lowest BCUT2D eigenvalue weighted by molar-refractivity contribution is -0.180. The summed E-state index contributed by atoms with van der Waals surface area (Å²) in [5.41, 5.74) is -0.394. The molecule has 12 nitrogen and oxygen atoms in total. The second kappa shape index (κ2) is 12.2. The number of phenols is 1. The second-order valence-electron chi connectivity index (χ2n) is 15.5. The van der Waals surface area contributed by atoms with Gasteiger partial charge in [-0.05, 0) is 61.4 Å². The molecule has 2 unspecified atom stereocenters. The number of terminal acetylenes is 1. The second-order valence-corrected chi connectivity index (χ2v) is 15.5. The average Bonchev–Trinajstić information content (AvgIpc) is 3.87. The summed E-state index contributed by atoms with van der Waals surface area (Å²) in [7, 11) is 1.70. The number of halogens is 3. The Bertz CT molecular complexity index is 2520. The lowest BCUT2D eigenvalue weighted by atomic mass is 9.91. The zero-order valence-electron chi connectivity index (χ0n) is 29.9. The quantitative estimate of drug-likeness (QED) is 0.192. The third-order valence-electron chi connectivity index (χ3n) is 12.3. The van der Waals surface area contributed by atoms with Gasteiger partial charge in [0, 0.05) is 67.7 Å². The number of cyclic esters (lactones) is 1. The molecule has 2 aromatic heterocycles. The number of esters is 1. The van der Waals surface area contributed by atoms with Gasteiger partial charge in [-0.2, -0.15) is 15.1 Å². The van der Waals surface area contributed by atoms with E-state index in [0.29, 0.717) is 48.0 Å². The van der Waals surface area contributed by atoms with Gasteiger partial charge in [0.1, 0.15) is 41.2 Å². The van der Waals surface area contributed by atoms with Crippen LogP contribution in [0.2, 0.25) is 0 Å². The lowest BCUT2D eigenvalue weighted by Crippen LogP contribution is -2.60. The van der Waals surface area contributed by atoms with Crippen LogP contribution in [0.15, 0.2) is 30.5 Å². The number of nitrogens with zero attached hydrogens (tertiary/aromatic N) is 7. The van der Waals surface area contributed by atoms with Crippen molar-refractivity contribution in [3.63, 3.8) is 0 Å². The fourth-order valence-corrected chi connectivity index (χ4v) is 9.90. The third-order valence-corrected chi connectivity index (χ3v) is 12.3. The van der Waals surface area contributed by atoms with Crippen molar-refractivity contribution in [3.05, 3.63) is 47.7 Å².